The Hall–Kier alpha value is -0.870. The predicted octanol–water partition coefficient (Wildman–Crippen LogP) is 0.987. The Kier molecular flexibility index (Phi) is 3.07. The van der Waals surface area contributed by atoms with E-state index in [0.717, 1.165) is 24.9 Å². The van der Waals surface area contributed by atoms with Crippen LogP contribution in [0.5, 0.6) is 0 Å². The number of aryl methyl sites for hydroxylation is 1. The summed E-state index contributed by atoms with van der Waals surface area (Å²) >= 11 is 0. The Morgan fingerprint density at radius 2 is 2.27 bits per heavy atom. The fourth-order valence-electron chi connectivity index (χ4n) is 1.98. The molecule has 0 radical (unpaired) electrons. The molecule has 0 aromatic carbocycles. The van der Waals surface area contributed by atoms with E-state index >= 15 is 0 Å². The molecule has 0 amide bonds. The van der Waals surface area contributed by atoms with Crippen LogP contribution >= 0.6 is 0 Å². The molecule has 0 saturated carbocycles. The van der Waals surface area contributed by atoms with Crippen LogP contribution in [0.2, 0.25) is 0 Å². The Labute approximate surface area is 89.9 Å². The molecule has 0 unspecified atom stereocenters. The van der Waals surface area contributed by atoms with Crippen molar-refractivity contribution in [3.05, 3.63) is 18.0 Å². The summed E-state index contributed by atoms with van der Waals surface area (Å²) in [5, 5.41) is 14.5. The van der Waals surface area contributed by atoms with Gasteiger partial charge in [-0.25, -0.2) is 0 Å². The second-order valence-corrected chi connectivity index (χ2v) is 4.22. The first-order valence-corrected chi connectivity index (χ1v) is 5.53. The smallest absolute Gasteiger partial charge is 0.0732 e. The van der Waals surface area contributed by atoms with E-state index in [2.05, 4.69) is 12.0 Å². The van der Waals surface area contributed by atoms with E-state index < -0.39 is 5.60 Å². The van der Waals surface area contributed by atoms with Crippen LogP contribution in [0.15, 0.2) is 12.4 Å². The maximum absolute atomic E-state index is 10.3. The fourth-order valence-corrected chi connectivity index (χ4v) is 1.98. The summed E-state index contributed by atoms with van der Waals surface area (Å²) < 4.78 is 7.14. The van der Waals surface area contributed by atoms with E-state index in [1.54, 1.807) is 0 Å². The SMILES string of the molecule is CCn1cc(CC2(O)CCOCC2)cn1. The van der Waals surface area contributed by atoms with Crippen LogP contribution in [0.4, 0.5) is 0 Å². The first kappa shape index (κ1) is 10.6. The molecule has 0 atom stereocenters. The van der Waals surface area contributed by atoms with Crippen LogP contribution in [-0.2, 0) is 17.7 Å². The Balaban J connectivity index is 2.00. The van der Waals surface area contributed by atoms with E-state index in [1.807, 2.05) is 17.1 Å². The minimum Gasteiger partial charge on any atom is -0.389 e. The predicted molar refractivity (Wildman–Crippen MR) is 56.6 cm³/mol. The van der Waals surface area contributed by atoms with Gasteiger partial charge >= 0.3 is 0 Å². The average molecular weight is 210 g/mol. The van der Waals surface area contributed by atoms with Crippen molar-refractivity contribution in [2.24, 2.45) is 0 Å². The van der Waals surface area contributed by atoms with Crippen molar-refractivity contribution in [3.8, 4) is 0 Å². The lowest BCUT2D eigenvalue weighted by atomic mass is 9.88. The number of nitrogens with zero attached hydrogens (tertiary/aromatic N) is 2. The third-order valence-corrected chi connectivity index (χ3v) is 2.97. The van der Waals surface area contributed by atoms with E-state index in [1.165, 1.54) is 0 Å². The topological polar surface area (TPSA) is 47.3 Å². The molecule has 1 aliphatic heterocycles. The largest absolute Gasteiger partial charge is 0.389 e. The zero-order chi connectivity index (χ0) is 10.7. The van der Waals surface area contributed by atoms with Gasteiger partial charge in [0.05, 0.1) is 11.8 Å². The number of rotatable bonds is 3. The average Bonchev–Trinajstić information content (AvgIpc) is 2.66. The highest BCUT2D eigenvalue weighted by atomic mass is 16.5. The van der Waals surface area contributed by atoms with Crippen molar-refractivity contribution in [3.63, 3.8) is 0 Å². The van der Waals surface area contributed by atoms with Gasteiger partial charge in [0.15, 0.2) is 0 Å². The summed E-state index contributed by atoms with van der Waals surface area (Å²) in [6, 6.07) is 0. The van der Waals surface area contributed by atoms with Crippen molar-refractivity contribution in [2.75, 3.05) is 13.2 Å². The summed E-state index contributed by atoms with van der Waals surface area (Å²) in [5.41, 5.74) is 0.529. The molecule has 4 nitrogen and oxygen atoms in total. The molecule has 15 heavy (non-hydrogen) atoms. The maximum Gasteiger partial charge on any atom is 0.0732 e. The van der Waals surface area contributed by atoms with Gasteiger partial charge in [-0.3, -0.25) is 4.68 Å². The van der Waals surface area contributed by atoms with E-state index in [9.17, 15) is 5.11 Å². The highest BCUT2D eigenvalue weighted by Gasteiger charge is 2.30. The third kappa shape index (κ3) is 2.58. The number of aromatic nitrogens is 2. The molecule has 0 spiro atoms. The van der Waals surface area contributed by atoms with Crippen molar-refractivity contribution in [1.82, 2.24) is 9.78 Å². The Morgan fingerprint density at radius 3 is 2.87 bits per heavy atom. The van der Waals surface area contributed by atoms with Gasteiger partial charge in [-0.2, -0.15) is 5.10 Å². The molecule has 1 aliphatic rings. The normalized spacial score (nSPS) is 20.4. The van der Waals surface area contributed by atoms with Gasteiger partial charge in [0.2, 0.25) is 0 Å². The van der Waals surface area contributed by atoms with Gasteiger partial charge in [-0.1, -0.05) is 0 Å². The van der Waals surface area contributed by atoms with Gasteiger partial charge in [0, 0.05) is 32.4 Å². The van der Waals surface area contributed by atoms with Crippen molar-refractivity contribution >= 4 is 0 Å². The van der Waals surface area contributed by atoms with Gasteiger partial charge in [0.1, 0.15) is 0 Å². The summed E-state index contributed by atoms with van der Waals surface area (Å²) in [6.45, 7) is 4.26. The number of hydrogen-bond acceptors (Lipinski definition) is 3. The van der Waals surface area contributed by atoms with Crippen LogP contribution < -0.4 is 0 Å². The monoisotopic (exact) mass is 210 g/mol. The molecule has 2 heterocycles. The molecule has 1 aromatic rings. The number of aliphatic hydroxyl groups is 1. The lowest BCUT2D eigenvalue weighted by molar-refractivity contribution is -0.0625. The summed E-state index contributed by atoms with van der Waals surface area (Å²) in [7, 11) is 0. The van der Waals surface area contributed by atoms with Crippen LogP contribution in [0.1, 0.15) is 25.3 Å². The highest BCUT2D eigenvalue weighted by molar-refractivity contribution is 5.08. The molecule has 1 N–H and O–H groups in total. The molecule has 84 valence electrons. The van der Waals surface area contributed by atoms with Crippen molar-refractivity contribution in [2.45, 2.75) is 38.3 Å². The molecule has 4 heteroatoms. The summed E-state index contributed by atoms with van der Waals surface area (Å²) in [6.07, 6.45) is 6.00. The minimum atomic E-state index is -0.583. The number of hydrogen-bond donors (Lipinski definition) is 1. The maximum atomic E-state index is 10.3. The van der Waals surface area contributed by atoms with Crippen LogP contribution in [0.3, 0.4) is 0 Å². The number of ether oxygens (including phenoxy) is 1. The summed E-state index contributed by atoms with van der Waals surface area (Å²) in [5.74, 6) is 0. The van der Waals surface area contributed by atoms with Gasteiger partial charge in [-0.05, 0) is 25.3 Å². The Morgan fingerprint density at radius 1 is 1.53 bits per heavy atom. The molecule has 2 rings (SSSR count). The highest BCUT2D eigenvalue weighted by Crippen LogP contribution is 2.24. The lowest BCUT2D eigenvalue weighted by Gasteiger charge is -2.31. The van der Waals surface area contributed by atoms with Gasteiger partial charge < -0.3 is 9.84 Å². The second kappa shape index (κ2) is 4.33. The zero-order valence-corrected chi connectivity index (χ0v) is 9.15. The standard InChI is InChI=1S/C11H18N2O2/c1-2-13-9-10(8-12-13)7-11(14)3-5-15-6-4-11/h8-9,14H,2-7H2,1H3. The zero-order valence-electron chi connectivity index (χ0n) is 9.15. The lowest BCUT2D eigenvalue weighted by Crippen LogP contribution is -2.38. The molecule has 0 aliphatic carbocycles. The van der Waals surface area contributed by atoms with Crippen molar-refractivity contribution < 1.29 is 9.84 Å². The van der Waals surface area contributed by atoms with Crippen LogP contribution in [-0.4, -0.2) is 33.7 Å². The molecule has 0 bridgehead atoms. The van der Waals surface area contributed by atoms with Crippen LogP contribution in [0.25, 0.3) is 0 Å². The first-order valence-electron chi connectivity index (χ1n) is 5.53. The molecule has 1 aromatic heterocycles. The fraction of sp³-hybridized carbons (Fsp3) is 0.727. The molecular formula is C11H18N2O2. The minimum absolute atomic E-state index is 0.583. The second-order valence-electron chi connectivity index (χ2n) is 4.22. The quantitative estimate of drug-likeness (QED) is 0.809. The van der Waals surface area contributed by atoms with Crippen LogP contribution in [0, 0.1) is 0 Å². The summed E-state index contributed by atoms with van der Waals surface area (Å²) in [4.78, 5) is 0. The van der Waals surface area contributed by atoms with Gasteiger partial charge in [-0.15, -0.1) is 0 Å². The van der Waals surface area contributed by atoms with E-state index in [4.69, 9.17) is 4.74 Å². The molecule has 1 fully saturated rings. The molecular weight excluding hydrogens is 192 g/mol. The van der Waals surface area contributed by atoms with E-state index in [0.29, 0.717) is 19.6 Å². The molecule has 1 saturated heterocycles. The Bertz CT molecular complexity index is 316. The van der Waals surface area contributed by atoms with E-state index in [-0.39, 0.29) is 0 Å². The van der Waals surface area contributed by atoms with Crippen molar-refractivity contribution in [1.29, 1.82) is 0 Å². The third-order valence-electron chi connectivity index (χ3n) is 2.97. The first-order chi connectivity index (χ1) is 7.22. The van der Waals surface area contributed by atoms with Gasteiger partial charge in [0.25, 0.3) is 0 Å².